The highest BCUT2D eigenvalue weighted by Gasteiger charge is 2.40. The van der Waals surface area contributed by atoms with Gasteiger partial charge in [0.1, 0.15) is 33.9 Å². The average Bonchev–Trinajstić information content (AvgIpc) is 1.55. The van der Waals surface area contributed by atoms with Gasteiger partial charge in [-0.1, -0.05) is 251 Å². The van der Waals surface area contributed by atoms with Gasteiger partial charge in [-0.05, 0) is 254 Å². The van der Waals surface area contributed by atoms with Crippen molar-refractivity contribution < 1.29 is 17.7 Å². The van der Waals surface area contributed by atoms with Crippen molar-refractivity contribution in [2.45, 2.75) is 90.9 Å². The van der Waals surface area contributed by atoms with Gasteiger partial charge < -0.3 is 17.7 Å². The molecular weight excluding hydrogens is 1390 g/mol. The maximum absolute atomic E-state index is 8.00. The lowest BCUT2D eigenvalue weighted by Gasteiger charge is -2.27. The molecule has 2 aliphatic rings. The first-order valence-electron chi connectivity index (χ1n) is 39.9. The summed E-state index contributed by atoms with van der Waals surface area (Å²) in [6, 6.07) is 116. The van der Waals surface area contributed by atoms with E-state index in [-0.39, 0.29) is 21.7 Å². The predicted molar refractivity (Wildman–Crippen MR) is 477 cm³/mol. The summed E-state index contributed by atoms with van der Waals surface area (Å²) in [5.41, 5.74) is 25.2. The highest BCUT2D eigenvalue weighted by atomic mass is 16.4. The van der Waals surface area contributed by atoms with Crippen molar-refractivity contribution in [2.75, 3.05) is 9.80 Å². The van der Waals surface area contributed by atoms with Crippen LogP contribution in [0, 0.1) is 0 Å². The Kier molecular flexibility index (Phi) is 14.5. The molecule has 0 fully saturated rings. The molecule has 16 aromatic carbocycles. The SMILES string of the molecule is CC(C)(C)c1ccc(-c2c(N(c3ccc4c(c3)C(C)(C)c3cc5ccccc5cc3-4)c3ccc4cc(-c5cc6ccccc6o5)ccc4c3)oc3c2ccc2c3ccc3c(-c4ccc(C(C)(C)C)cc4)c(N(c4ccc5c(c4)C(C)(C)c4cc6ccccc6cc4-5)c4ccc5cc(-c6cc7ccccc7o6)ccc5c4)oc32)cc1. The quantitative estimate of drug-likeness (QED) is 0.136. The van der Waals surface area contributed by atoms with Crippen LogP contribution in [0.3, 0.4) is 0 Å². The summed E-state index contributed by atoms with van der Waals surface area (Å²) >= 11 is 0. The Hall–Kier alpha value is -13.4. The molecule has 0 spiro atoms. The molecule has 6 nitrogen and oxygen atoms in total. The van der Waals surface area contributed by atoms with Crippen LogP contribution in [0.4, 0.5) is 34.5 Å². The van der Waals surface area contributed by atoms with Gasteiger partial charge in [-0.2, -0.15) is 0 Å². The zero-order chi connectivity index (χ0) is 77.0. The van der Waals surface area contributed by atoms with Gasteiger partial charge in [-0.15, -0.1) is 0 Å². The fourth-order valence-corrected chi connectivity index (χ4v) is 18.8. The maximum atomic E-state index is 8.00. The number of hydrogen-bond donors (Lipinski definition) is 0. The first-order chi connectivity index (χ1) is 55.2. The molecule has 22 rings (SSSR count). The number of anilines is 6. The number of para-hydroxylation sites is 2. The minimum absolute atomic E-state index is 0.0811. The first kappa shape index (κ1) is 67.5. The molecule has 20 aromatic rings. The number of fused-ring (bicyclic) bond motifs is 17. The standard InChI is InChI=1S/C108H82N2O4/c1-105(2,3)77-37-31-63(32-38-77)99-87-49-47-86-85(101(87)113-103(99)109(79-41-35-69-51-75(29-27-71(69)53-79)97-59-73-23-15-17-25-95(73)111-97)81-43-45-83-89-55-65-19-11-13-21-67(65)57-91(89)107(7,8)93(83)61-81)48-50-88-100(64-33-39-78(40-34-64)106(4,5)6)104(114-102(86)88)110(80-42-36-70-52-76(30-28-72(70)54-80)98-60-74-24-16-18-26-96(74)112-98)82-44-46-84-90-56-66-20-12-14-22-68(66)58-92(90)108(9,10)94(84)62-82/h11-62H,1-10H3. The van der Waals surface area contributed by atoms with Crippen LogP contribution in [-0.4, -0.2) is 0 Å². The molecule has 0 saturated carbocycles. The number of rotatable bonds is 10. The molecule has 0 atom stereocenters. The van der Waals surface area contributed by atoms with Crippen molar-refractivity contribution >= 4 is 132 Å². The van der Waals surface area contributed by atoms with Crippen molar-refractivity contribution in [3.63, 3.8) is 0 Å². The highest BCUT2D eigenvalue weighted by Crippen LogP contribution is 2.58. The van der Waals surface area contributed by atoms with Gasteiger partial charge >= 0.3 is 0 Å². The molecule has 0 radical (unpaired) electrons. The van der Waals surface area contributed by atoms with E-state index in [9.17, 15) is 0 Å². The van der Waals surface area contributed by atoms with E-state index in [1.165, 1.54) is 77.2 Å². The van der Waals surface area contributed by atoms with Crippen LogP contribution < -0.4 is 9.80 Å². The Morgan fingerprint density at radius 1 is 0.246 bits per heavy atom. The molecule has 0 saturated heterocycles. The highest BCUT2D eigenvalue weighted by molar-refractivity contribution is 6.21. The Morgan fingerprint density at radius 3 is 0.956 bits per heavy atom. The molecule has 114 heavy (non-hydrogen) atoms. The van der Waals surface area contributed by atoms with Crippen molar-refractivity contribution in [2.24, 2.45) is 0 Å². The van der Waals surface area contributed by atoms with Gasteiger partial charge in [0, 0.05) is 77.0 Å². The normalized spacial score (nSPS) is 13.7. The third kappa shape index (κ3) is 10.5. The summed E-state index contributed by atoms with van der Waals surface area (Å²) in [6.07, 6.45) is 0. The summed E-state index contributed by atoms with van der Waals surface area (Å²) in [5, 5.41) is 15.3. The Morgan fingerprint density at radius 2 is 0.561 bits per heavy atom. The van der Waals surface area contributed by atoms with Gasteiger partial charge in [0.2, 0.25) is 11.8 Å². The second-order valence-corrected chi connectivity index (χ2v) is 34.9. The maximum Gasteiger partial charge on any atom is 0.213 e. The van der Waals surface area contributed by atoms with Gasteiger partial charge in [0.05, 0.1) is 11.1 Å². The zero-order valence-corrected chi connectivity index (χ0v) is 65.5. The van der Waals surface area contributed by atoms with Crippen molar-refractivity contribution in [3.8, 4) is 67.2 Å². The molecule has 0 N–H and O–H groups in total. The van der Waals surface area contributed by atoms with E-state index in [0.29, 0.717) is 11.8 Å². The van der Waals surface area contributed by atoms with Crippen LogP contribution in [0.5, 0.6) is 0 Å². The molecule has 0 bridgehead atoms. The minimum Gasteiger partial charge on any atom is -0.456 e. The van der Waals surface area contributed by atoms with E-state index in [4.69, 9.17) is 17.7 Å². The molecule has 6 heteroatoms. The van der Waals surface area contributed by atoms with Gasteiger partial charge in [-0.3, -0.25) is 9.80 Å². The topological polar surface area (TPSA) is 59.0 Å². The second-order valence-electron chi connectivity index (χ2n) is 34.9. The lowest BCUT2D eigenvalue weighted by molar-refractivity contribution is 0.590. The molecule has 0 unspecified atom stereocenters. The molecule has 548 valence electrons. The van der Waals surface area contributed by atoms with Crippen molar-refractivity contribution in [3.05, 3.63) is 349 Å². The van der Waals surface area contributed by atoms with Crippen LogP contribution in [0.2, 0.25) is 0 Å². The van der Waals surface area contributed by atoms with Crippen LogP contribution in [0.25, 0.3) is 165 Å². The Bertz CT molecular complexity index is 6930. The van der Waals surface area contributed by atoms with E-state index in [1.807, 2.05) is 24.3 Å². The summed E-state index contributed by atoms with van der Waals surface area (Å²) in [6.45, 7) is 23.2. The third-order valence-corrected chi connectivity index (χ3v) is 25.1. The molecule has 4 heterocycles. The van der Waals surface area contributed by atoms with Crippen LogP contribution in [-0.2, 0) is 21.7 Å². The van der Waals surface area contributed by atoms with Gasteiger partial charge in [0.25, 0.3) is 0 Å². The van der Waals surface area contributed by atoms with Crippen molar-refractivity contribution in [1.29, 1.82) is 0 Å². The molecular formula is C108H82N2O4. The third-order valence-electron chi connectivity index (χ3n) is 25.1. The van der Waals surface area contributed by atoms with E-state index in [1.54, 1.807) is 0 Å². The molecule has 0 amide bonds. The lowest BCUT2D eigenvalue weighted by Crippen LogP contribution is -2.16. The number of benzene rings is 16. The van der Waals surface area contributed by atoms with E-state index in [2.05, 4.69) is 370 Å². The van der Waals surface area contributed by atoms with E-state index in [0.717, 1.165) is 144 Å². The second kappa shape index (κ2) is 24.5. The van der Waals surface area contributed by atoms with Crippen LogP contribution in [0.15, 0.2) is 333 Å². The Labute approximate surface area is 662 Å². The summed E-state index contributed by atoms with van der Waals surface area (Å²) in [5.74, 6) is 3.09. The average molecular weight is 1470 g/mol. The fraction of sp³-hybridized carbons (Fsp3) is 0.130. The summed E-state index contributed by atoms with van der Waals surface area (Å²) < 4.78 is 28.9. The minimum atomic E-state index is -0.327. The molecule has 0 aliphatic heterocycles. The fourth-order valence-electron chi connectivity index (χ4n) is 18.8. The first-order valence-corrected chi connectivity index (χ1v) is 39.9. The number of furan rings is 4. The largest absolute Gasteiger partial charge is 0.456 e. The van der Waals surface area contributed by atoms with Crippen LogP contribution in [0.1, 0.15) is 103 Å². The summed E-state index contributed by atoms with van der Waals surface area (Å²) in [7, 11) is 0. The van der Waals surface area contributed by atoms with Gasteiger partial charge in [-0.25, -0.2) is 0 Å². The number of nitrogens with zero attached hydrogens (tertiary/aromatic N) is 2. The van der Waals surface area contributed by atoms with Crippen molar-refractivity contribution in [1.82, 2.24) is 0 Å². The smallest absolute Gasteiger partial charge is 0.213 e. The predicted octanol–water partition coefficient (Wildman–Crippen LogP) is 31.3. The number of hydrogen-bond acceptors (Lipinski definition) is 6. The van der Waals surface area contributed by atoms with Gasteiger partial charge in [0.15, 0.2) is 0 Å². The van der Waals surface area contributed by atoms with E-state index >= 15 is 0 Å². The summed E-state index contributed by atoms with van der Waals surface area (Å²) in [4.78, 5) is 4.76. The van der Waals surface area contributed by atoms with Crippen LogP contribution >= 0.6 is 0 Å². The molecule has 4 aromatic heterocycles. The Balaban J connectivity index is 0.775. The lowest BCUT2D eigenvalue weighted by atomic mass is 9.81. The zero-order valence-electron chi connectivity index (χ0n) is 65.5. The monoisotopic (exact) mass is 1470 g/mol. The van der Waals surface area contributed by atoms with E-state index < -0.39 is 0 Å². The molecule has 2 aliphatic carbocycles.